The van der Waals surface area contributed by atoms with Crippen LogP contribution in [0, 0.1) is 17.8 Å². The Kier molecular flexibility index (Phi) is 6.16. The lowest BCUT2D eigenvalue weighted by atomic mass is 9.80. The van der Waals surface area contributed by atoms with Gasteiger partial charge in [0.25, 0.3) is 0 Å². The third kappa shape index (κ3) is 5.20. The monoisotopic (exact) mass is 419 g/mol. The summed E-state index contributed by atoms with van der Waals surface area (Å²) in [5.41, 5.74) is 7.75. The number of aliphatic hydroxyl groups excluding tert-OH is 1. The average Bonchev–Trinajstić information content (AvgIpc) is 3.37. The minimum absolute atomic E-state index is 0.222. The van der Waals surface area contributed by atoms with Crippen LogP contribution in [-0.2, 0) is 11.3 Å². The molecule has 0 aliphatic heterocycles. The van der Waals surface area contributed by atoms with Crippen LogP contribution in [0.15, 0.2) is 47.2 Å². The van der Waals surface area contributed by atoms with E-state index in [9.17, 15) is 9.90 Å². The molecule has 0 bridgehead atoms. The summed E-state index contributed by atoms with van der Waals surface area (Å²) in [6.07, 6.45) is 4.69. The van der Waals surface area contributed by atoms with Crippen LogP contribution in [0.5, 0.6) is 0 Å². The summed E-state index contributed by atoms with van der Waals surface area (Å²) in [6.45, 7) is 2.38. The summed E-state index contributed by atoms with van der Waals surface area (Å²) < 4.78 is 7.34. The molecule has 8 heteroatoms. The maximum atomic E-state index is 10.8. The van der Waals surface area contributed by atoms with E-state index in [4.69, 9.17) is 10.3 Å². The lowest BCUT2D eigenvalue weighted by Crippen LogP contribution is -2.44. The number of aliphatic hydroxyl groups is 1. The number of carbonyl (C=O) groups excluding carboxylic acids is 1. The molecule has 0 unspecified atom stereocenters. The fraction of sp³-hybridized carbons (Fsp3) is 0.348. The molecule has 1 aliphatic carbocycles. The van der Waals surface area contributed by atoms with Gasteiger partial charge in [0, 0.05) is 41.5 Å². The Bertz CT molecular complexity index is 1100. The largest absolute Gasteiger partial charge is 0.385 e. The molecule has 31 heavy (non-hydrogen) atoms. The number of nitrogens with zero attached hydrogens (tertiary/aromatic N) is 3. The van der Waals surface area contributed by atoms with Gasteiger partial charge in [-0.3, -0.25) is 4.79 Å². The Morgan fingerprint density at radius 1 is 1.39 bits per heavy atom. The number of carbonyl (C=O) groups is 1. The summed E-state index contributed by atoms with van der Waals surface area (Å²) in [4.78, 5) is 15.0. The fourth-order valence-electron chi connectivity index (χ4n) is 3.57. The summed E-state index contributed by atoms with van der Waals surface area (Å²) in [5.74, 6) is 7.78. The Balaban J connectivity index is 1.33. The number of imidazole rings is 1. The first-order valence-corrected chi connectivity index (χ1v) is 10.3. The SMILES string of the molecule is C[C@H](O)c1nccn1Cc1cc(-c2ccc(C#CC3CC(NCC(N)=O)C3)cc2)on1. The van der Waals surface area contributed by atoms with Crippen molar-refractivity contribution >= 4 is 5.91 Å². The molecule has 0 spiro atoms. The summed E-state index contributed by atoms with van der Waals surface area (Å²) in [6, 6.07) is 10.1. The van der Waals surface area contributed by atoms with Crippen molar-refractivity contribution in [3.05, 3.63) is 59.8 Å². The zero-order valence-electron chi connectivity index (χ0n) is 17.3. The minimum atomic E-state index is -0.646. The van der Waals surface area contributed by atoms with E-state index in [1.54, 1.807) is 13.1 Å². The highest BCUT2D eigenvalue weighted by molar-refractivity contribution is 5.75. The summed E-state index contributed by atoms with van der Waals surface area (Å²) >= 11 is 0. The van der Waals surface area contributed by atoms with Crippen LogP contribution in [0.2, 0.25) is 0 Å². The summed E-state index contributed by atoms with van der Waals surface area (Å²) in [5, 5.41) is 17.0. The van der Waals surface area contributed by atoms with E-state index in [2.05, 4.69) is 27.3 Å². The number of nitrogens with one attached hydrogen (secondary N) is 1. The highest BCUT2D eigenvalue weighted by Gasteiger charge is 2.27. The van der Waals surface area contributed by atoms with Gasteiger partial charge in [0.1, 0.15) is 17.6 Å². The molecule has 2 heterocycles. The van der Waals surface area contributed by atoms with Gasteiger partial charge in [-0.2, -0.15) is 0 Å². The van der Waals surface area contributed by atoms with E-state index in [1.165, 1.54) is 0 Å². The van der Waals surface area contributed by atoms with Crippen molar-refractivity contribution in [3.8, 4) is 23.2 Å². The van der Waals surface area contributed by atoms with Crippen molar-refractivity contribution in [2.75, 3.05) is 6.54 Å². The standard InChI is InChI=1S/C23H25N5O3/c1-15(29)23-25-8-9-28(23)14-20-12-21(31-27-20)18-6-4-16(5-7-18)2-3-17-10-19(11-17)26-13-22(24)30/h4-9,12,15,17,19,26,29H,10-11,13-14H2,1H3,(H2,24,30)/t15-,17?,19?/m0/s1. The number of amides is 1. The van der Waals surface area contributed by atoms with Crippen LogP contribution in [-0.4, -0.2) is 38.3 Å². The van der Waals surface area contributed by atoms with E-state index < -0.39 is 6.10 Å². The molecule has 1 aromatic carbocycles. The van der Waals surface area contributed by atoms with Crippen LogP contribution in [0.25, 0.3) is 11.3 Å². The molecule has 0 radical (unpaired) electrons. The smallest absolute Gasteiger partial charge is 0.231 e. The van der Waals surface area contributed by atoms with E-state index >= 15 is 0 Å². The molecule has 1 atom stereocenters. The van der Waals surface area contributed by atoms with Crippen LogP contribution in [0.4, 0.5) is 0 Å². The van der Waals surface area contributed by atoms with Gasteiger partial charge in [-0.1, -0.05) is 17.0 Å². The van der Waals surface area contributed by atoms with Crippen molar-refractivity contribution in [2.45, 2.75) is 38.5 Å². The van der Waals surface area contributed by atoms with Crippen molar-refractivity contribution in [2.24, 2.45) is 11.7 Å². The molecule has 0 saturated heterocycles. The second kappa shape index (κ2) is 9.16. The van der Waals surface area contributed by atoms with Crippen LogP contribution < -0.4 is 11.1 Å². The number of hydrogen-bond donors (Lipinski definition) is 3. The topological polar surface area (TPSA) is 119 Å². The first-order chi connectivity index (χ1) is 15.0. The molecule has 1 fully saturated rings. The number of rotatable bonds is 7. The fourth-order valence-corrected chi connectivity index (χ4v) is 3.57. The molecule has 1 amide bonds. The first kappa shape index (κ1) is 20.8. The minimum Gasteiger partial charge on any atom is -0.385 e. The summed E-state index contributed by atoms with van der Waals surface area (Å²) in [7, 11) is 0. The quantitative estimate of drug-likeness (QED) is 0.503. The highest BCUT2D eigenvalue weighted by atomic mass is 16.5. The zero-order valence-corrected chi connectivity index (χ0v) is 17.3. The van der Waals surface area contributed by atoms with Gasteiger partial charge < -0.3 is 25.2 Å². The Labute approximate surface area is 180 Å². The second-order valence-corrected chi connectivity index (χ2v) is 7.83. The van der Waals surface area contributed by atoms with Crippen molar-refractivity contribution in [1.82, 2.24) is 20.0 Å². The van der Waals surface area contributed by atoms with Gasteiger partial charge in [-0.05, 0) is 44.0 Å². The van der Waals surface area contributed by atoms with Gasteiger partial charge in [0.05, 0.1) is 13.1 Å². The van der Waals surface area contributed by atoms with Gasteiger partial charge in [-0.25, -0.2) is 4.98 Å². The third-order valence-electron chi connectivity index (χ3n) is 5.31. The zero-order chi connectivity index (χ0) is 21.8. The Morgan fingerprint density at radius 2 is 2.16 bits per heavy atom. The van der Waals surface area contributed by atoms with E-state index in [1.807, 2.05) is 41.1 Å². The second-order valence-electron chi connectivity index (χ2n) is 7.83. The maximum Gasteiger partial charge on any atom is 0.231 e. The number of nitrogens with two attached hydrogens (primary N) is 1. The van der Waals surface area contributed by atoms with Gasteiger partial charge in [0.15, 0.2) is 5.76 Å². The molecule has 2 aromatic heterocycles. The molecule has 1 aliphatic rings. The van der Waals surface area contributed by atoms with E-state index in [0.29, 0.717) is 30.1 Å². The molecule has 3 aromatic rings. The average molecular weight is 419 g/mol. The first-order valence-electron chi connectivity index (χ1n) is 10.3. The molecule has 160 valence electrons. The predicted octanol–water partition coefficient (Wildman–Crippen LogP) is 1.84. The Morgan fingerprint density at radius 3 is 2.87 bits per heavy atom. The third-order valence-corrected chi connectivity index (χ3v) is 5.31. The number of benzene rings is 1. The van der Waals surface area contributed by atoms with E-state index in [0.717, 1.165) is 29.7 Å². The van der Waals surface area contributed by atoms with Crippen molar-refractivity contribution in [3.63, 3.8) is 0 Å². The van der Waals surface area contributed by atoms with Gasteiger partial charge in [-0.15, -0.1) is 0 Å². The van der Waals surface area contributed by atoms with Crippen molar-refractivity contribution < 1.29 is 14.4 Å². The molecule has 8 nitrogen and oxygen atoms in total. The Hall–Kier alpha value is -3.41. The van der Waals surface area contributed by atoms with Crippen LogP contribution in [0.3, 0.4) is 0 Å². The predicted molar refractivity (Wildman–Crippen MR) is 114 cm³/mol. The van der Waals surface area contributed by atoms with Crippen LogP contribution in [0.1, 0.15) is 43.0 Å². The molecule has 1 saturated carbocycles. The van der Waals surface area contributed by atoms with Crippen molar-refractivity contribution in [1.29, 1.82) is 0 Å². The van der Waals surface area contributed by atoms with Crippen LogP contribution >= 0.6 is 0 Å². The lowest BCUT2D eigenvalue weighted by Gasteiger charge is -2.32. The highest BCUT2D eigenvalue weighted by Crippen LogP contribution is 2.27. The maximum absolute atomic E-state index is 10.8. The lowest BCUT2D eigenvalue weighted by molar-refractivity contribution is -0.117. The number of hydrogen-bond acceptors (Lipinski definition) is 6. The van der Waals surface area contributed by atoms with Gasteiger partial charge in [0.2, 0.25) is 5.91 Å². The molecule has 4 rings (SSSR count). The molecular weight excluding hydrogens is 394 g/mol. The normalized spacial score (nSPS) is 18.6. The number of aromatic nitrogens is 3. The number of primary amides is 1. The van der Waals surface area contributed by atoms with E-state index in [-0.39, 0.29) is 12.5 Å². The van der Waals surface area contributed by atoms with Gasteiger partial charge >= 0.3 is 0 Å². The molecule has 4 N–H and O–H groups in total. The molecular formula is C23H25N5O3.